The van der Waals surface area contributed by atoms with Crippen LogP contribution in [0.3, 0.4) is 0 Å². The van der Waals surface area contributed by atoms with E-state index < -0.39 is 0 Å². The second-order valence-electron chi connectivity index (χ2n) is 6.14. The second-order valence-corrected chi connectivity index (χ2v) is 7.00. The number of hydrogen-bond acceptors (Lipinski definition) is 7. The van der Waals surface area contributed by atoms with Crippen molar-refractivity contribution in [3.8, 4) is 0 Å². The highest BCUT2D eigenvalue weighted by atomic mass is 32.1. The summed E-state index contributed by atoms with van der Waals surface area (Å²) in [6.07, 6.45) is 1.93. The molecule has 0 radical (unpaired) electrons. The molecule has 9 heteroatoms. The first-order valence-electron chi connectivity index (χ1n) is 8.32. The summed E-state index contributed by atoms with van der Waals surface area (Å²) in [5, 5.41) is 16.3. The summed E-state index contributed by atoms with van der Waals surface area (Å²) < 4.78 is 0. The van der Waals surface area contributed by atoms with E-state index in [2.05, 4.69) is 35.8 Å². The van der Waals surface area contributed by atoms with Crippen molar-refractivity contribution in [2.75, 3.05) is 10.6 Å². The summed E-state index contributed by atoms with van der Waals surface area (Å²) >= 11 is 1.41. The summed E-state index contributed by atoms with van der Waals surface area (Å²) in [6, 6.07) is 7.51. The molecule has 4 aromatic rings. The maximum atomic E-state index is 12.3. The molecule has 4 rings (SSSR count). The van der Waals surface area contributed by atoms with Gasteiger partial charge in [-0.25, -0.2) is 15.0 Å². The SMILES string of the molecule is Cc1cc(C)nc(Nc2nc(CC(=O)Nc3ccc4cn[nH]c4c3)cs2)n1. The zero-order chi connectivity index (χ0) is 18.8. The van der Waals surface area contributed by atoms with E-state index in [4.69, 9.17) is 0 Å². The third-order valence-corrected chi connectivity index (χ3v) is 4.63. The van der Waals surface area contributed by atoms with Gasteiger partial charge in [0.25, 0.3) is 0 Å². The Bertz CT molecular complexity index is 1100. The monoisotopic (exact) mass is 379 g/mol. The van der Waals surface area contributed by atoms with E-state index in [1.807, 2.05) is 43.5 Å². The fourth-order valence-corrected chi connectivity index (χ4v) is 3.41. The summed E-state index contributed by atoms with van der Waals surface area (Å²) in [5.41, 5.74) is 4.05. The van der Waals surface area contributed by atoms with Crippen LogP contribution in [0.4, 0.5) is 16.8 Å². The van der Waals surface area contributed by atoms with Crippen molar-refractivity contribution in [3.63, 3.8) is 0 Å². The molecule has 0 aliphatic heterocycles. The second kappa shape index (κ2) is 7.12. The van der Waals surface area contributed by atoms with Crippen molar-refractivity contribution < 1.29 is 4.79 Å². The zero-order valence-electron chi connectivity index (χ0n) is 14.8. The highest BCUT2D eigenvalue weighted by molar-refractivity contribution is 7.13. The minimum atomic E-state index is -0.131. The number of hydrogen-bond donors (Lipinski definition) is 3. The minimum Gasteiger partial charge on any atom is -0.326 e. The molecule has 0 aliphatic carbocycles. The van der Waals surface area contributed by atoms with Crippen LogP contribution in [-0.4, -0.2) is 31.1 Å². The van der Waals surface area contributed by atoms with Gasteiger partial charge in [-0.05, 0) is 38.1 Å². The molecule has 1 amide bonds. The van der Waals surface area contributed by atoms with Crippen molar-refractivity contribution >= 4 is 44.9 Å². The predicted octanol–water partition coefficient (Wildman–Crippen LogP) is 3.35. The molecule has 0 spiro atoms. The minimum absolute atomic E-state index is 0.131. The van der Waals surface area contributed by atoms with Crippen LogP contribution in [0.1, 0.15) is 17.1 Å². The third-order valence-electron chi connectivity index (χ3n) is 3.82. The van der Waals surface area contributed by atoms with Crippen LogP contribution in [0.2, 0.25) is 0 Å². The van der Waals surface area contributed by atoms with Crippen LogP contribution < -0.4 is 10.6 Å². The Labute approximate surface area is 159 Å². The van der Waals surface area contributed by atoms with Gasteiger partial charge in [0, 0.05) is 27.8 Å². The third kappa shape index (κ3) is 4.09. The predicted molar refractivity (Wildman–Crippen MR) is 105 cm³/mol. The number of rotatable bonds is 5. The van der Waals surface area contributed by atoms with Gasteiger partial charge in [-0.2, -0.15) is 5.10 Å². The molecule has 0 atom stereocenters. The number of aromatic nitrogens is 5. The van der Waals surface area contributed by atoms with Crippen molar-refractivity contribution in [1.82, 2.24) is 25.1 Å². The fourth-order valence-electron chi connectivity index (χ4n) is 2.71. The lowest BCUT2D eigenvalue weighted by molar-refractivity contribution is -0.115. The normalized spacial score (nSPS) is 10.9. The van der Waals surface area contributed by atoms with Crippen LogP contribution >= 0.6 is 11.3 Å². The molecule has 27 heavy (non-hydrogen) atoms. The van der Waals surface area contributed by atoms with Gasteiger partial charge < -0.3 is 10.6 Å². The van der Waals surface area contributed by atoms with E-state index in [1.54, 1.807) is 6.20 Å². The number of thiazole rings is 1. The van der Waals surface area contributed by atoms with Gasteiger partial charge in [0.05, 0.1) is 23.8 Å². The van der Waals surface area contributed by atoms with E-state index in [-0.39, 0.29) is 12.3 Å². The summed E-state index contributed by atoms with van der Waals surface area (Å²) in [6.45, 7) is 3.83. The largest absolute Gasteiger partial charge is 0.326 e. The lowest BCUT2D eigenvalue weighted by Crippen LogP contribution is -2.14. The van der Waals surface area contributed by atoms with Gasteiger partial charge in [-0.15, -0.1) is 11.3 Å². The number of aromatic amines is 1. The number of aryl methyl sites for hydroxylation is 2. The van der Waals surface area contributed by atoms with Gasteiger partial charge in [-0.3, -0.25) is 9.89 Å². The number of H-pyrrole nitrogens is 1. The highest BCUT2D eigenvalue weighted by Gasteiger charge is 2.10. The van der Waals surface area contributed by atoms with Crippen molar-refractivity contribution in [3.05, 3.63) is 52.9 Å². The first-order valence-corrected chi connectivity index (χ1v) is 9.20. The average molecular weight is 379 g/mol. The first kappa shape index (κ1) is 17.1. The molecule has 0 saturated carbocycles. The van der Waals surface area contributed by atoms with Crippen molar-refractivity contribution in [1.29, 1.82) is 0 Å². The van der Waals surface area contributed by atoms with Gasteiger partial charge in [-0.1, -0.05) is 0 Å². The summed E-state index contributed by atoms with van der Waals surface area (Å²) in [5.74, 6) is 0.374. The Morgan fingerprint density at radius 2 is 1.96 bits per heavy atom. The van der Waals surface area contributed by atoms with Crippen molar-refractivity contribution in [2.45, 2.75) is 20.3 Å². The summed E-state index contributed by atoms with van der Waals surface area (Å²) in [4.78, 5) is 25.4. The van der Waals surface area contributed by atoms with Crippen LogP contribution in [0.15, 0.2) is 35.8 Å². The number of amides is 1. The molecule has 3 N–H and O–H groups in total. The molecule has 0 bridgehead atoms. The standard InChI is InChI=1S/C18H17N7OS/c1-10-5-11(2)21-17(20-10)24-18-23-14(9-27-18)7-16(26)22-13-4-3-12-8-19-25-15(12)6-13/h3-6,8-9H,7H2,1-2H3,(H,19,25)(H,22,26)(H,20,21,23,24). The molecule has 0 unspecified atom stereocenters. The Balaban J connectivity index is 1.40. The molecule has 8 nitrogen and oxygen atoms in total. The maximum Gasteiger partial charge on any atom is 0.230 e. The Morgan fingerprint density at radius 1 is 1.15 bits per heavy atom. The van der Waals surface area contributed by atoms with Crippen LogP contribution in [0, 0.1) is 13.8 Å². The number of carbonyl (C=O) groups excluding carboxylic acids is 1. The number of nitrogens with zero attached hydrogens (tertiary/aromatic N) is 4. The number of benzene rings is 1. The van der Waals surface area contributed by atoms with E-state index in [0.717, 1.165) is 22.3 Å². The Morgan fingerprint density at radius 3 is 2.78 bits per heavy atom. The Kier molecular flexibility index (Phi) is 4.51. The van der Waals surface area contributed by atoms with Crippen LogP contribution in [-0.2, 0) is 11.2 Å². The molecule has 0 fully saturated rings. The number of nitrogens with one attached hydrogen (secondary N) is 3. The first-order chi connectivity index (χ1) is 13.0. The maximum absolute atomic E-state index is 12.3. The van der Waals surface area contributed by atoms with Crippen LogP contribution in [0.25, 0.3) is 10.9 Å². The van der Waals surface area contributed by atoms with Gasteiger partial charge in [0.2, 0.25) is 11.9 Å². The highest BCUT2D eigenvalue weighted by Crippen LogP contribution is 2.20. The van der Waals surface area contributed by atoms with E-state index in [9.17, 15) is 4.79 Å². The van der Waals surface area contributed by atoms with Crippen LogP contribution in [0.5, 0.6) is 0 Å². The number of carbonyl (C=O) groups is 1. The lowest BCUT2D eigenvalue weighted by atomic mass is 10.2. The molecular formula is C18H17N7OS. The van der Waals surface area contributed by atoms with E-state index >= 15 is 0 Å². The molecular weight excluding hydrogens is 362 g/mol. The van der Waals surface area contributed by atoms with Crippen molar-refractivity contribution in [2.24, 2.45) is 0 Å². The van der Waals surface area contributed by atoms with Gasteiger partial charge in [0.15, 0.2) is 5.13 Å². The number of fused-ring (bicyclic) bond motifs is 1. The Hall–Kier alpha value is -3.33. The fraction of sp³-hybridized carbons (Fsp3) is 0.167. The lowest BCUT2D eigenvalue weighted by Gasteiger charge is -2.04. The number of anilines is 3. The molecule has 136 valence electrons. The summed E-state index contributed by atoms with van der Waals surface area (Å²) in [7, 11) is 0. The van der Waals surface area contributed by atoms with Gasteiger partial charge >= 0.3 is 0 Å². The topological polar surface area (TPSA) is 108 Å². The van der Waals surface area contributed by atoms with E-state index in [1.165, 1.54) is 11.3 Å². The zero-order valence-corrected chi connectivity index (χ0v) is 15.6. The molecule has 3 heterocycles. The molecule has 0 saturated heterocycles. The molecule has 0 aliphatic rings. The quantitative estimate of drug-likeness (QED) is 0.491. The molecule has 3 aromatic heterocycles. The van der Waals surface area contributed by atoms with Gasteiger partial charge in [0.1, 0.15) is 0 Å². The average Bonchev–Trinajstić information content (AvgIpc) is 3.22. The molecule has 1 aromatic carbocycles. The smallest absolute Gasteiger partial charge is 0.230 e. The van der Waals surface area contributed by atoms with E-state index in [0.29, 0.717) is 22.5 Å².